The van der Waals surface area contributed by atoms with Gasteiger partial charge in [-0.3, -0.25) is 13.9 Å². The molecule has 0 saturated heterocycles. The first-order valence-corrected chi connectivity index (χ1v) is 16.2. The zero-order chi connectivity index (χ0) is 33.5. The van der Waals surface area contributed by atoms with Crippen molar-refractivity contribution in [2.24, 2.45) is 0 Å². The predicted molar refractivity (Wildman–Crippen MR) is 172 cm³/mol. The Hall–Kier alpha value is -4.35. The molecule has 12 heteroatoms. The lowest BCUT2D eigenvalue weighted by molar-refractivity contribution is -0.140. The molecule has 0 radical (unpaired) electrons. The minimum absolute atomic E-state index is 0.0681. The summed E-state index contributed by atoms with van der Waals surface area (Å²) in [5.41, 5.74) is 0.718. The molecule has 0 aromatic heterocycles. The van der Waals surface area contributed by atoms with Crippen LogP contribution in [0.3, 0.4) is 0 Å². The fraction of sp³-hybridized carbons (Fsp3) is 0.235. The van der Waals surface area contributed by atoms with Crippen LogP contribution in [0.1, 0.15) is 29.2 Å². The van der Waals surface area contributed by atoms with Gasteiger partial charge < -0.3 is 10.2 Å². The molecule has 7 nitrogen and oxygen atoms in total. The molecule has 46 heavy (non-hydrogen) atoms. The molecule has 0 aliphatic carbocycles. The van der Waals surface area contributed by atoms with Crippen molar-refractivity contribution in [3.63, 3.8) is 0 Å². The number of nitrogens with one attached hydrogen (secondary N) is 1. The summed E-state index contributed by atoms with van der Waals surface area (Å²) in [6, 6.07) is 24.9. The second kappa shape index (κ2) is 14.8. The second-order valence-corrected chi connectivity index (χ2v) is 12.9. The lowest BCUT2D eigenvalue weighted by atomic mass is 10.0. The third-order valence-electron chi connectivity index (χ3n) is 7.25. The monoisotopic (exact) mass is 671 g/mol. The summed E-state index contributed by atoms with van der Waals surface area (Å²) in [6.45, 7) is 2.94. The van der Waals surface area contributed by atoms with Gasteiger partial charge in [-0.1, -0.05) is 90.0 Å². The fourth-order valence-corrected chi connectivity index (χ4v) is 6.52. The highest BCUT2D eigenvalue weighted by molar-refractivity contribution is 7.92. The summed E-state index contributed by atoms with van der Waals surface area (Å²) >= 11 is 5.85. The molecule has 0 bridgehead atoms. The molecule has 0 saturated carbocycles. The Morgan fingerprint density at radius 2 is 1.48 bits per heavy atom. The van der Waals surface area contributed by atoms with Crippen LogP contribution in [0.25, 0.3) is 0 Å². The Balaban J connectivity index is 1.84. The SMILES string of the molecule is CCNC(=O)[C@H](Cc1ccccc1)N(Cc1ccc(C)cc1)C(=O)CN(c1ccc(Cl)c(C(F)(F)F)c1)S(=O)(=O)c1ccccc1. The molecule has 4 aromatic rings. The molecule has 0 spiro atoms. The van der Waals surface area contributed by atoms with Crippen LogP contribution in [-0.2, 0) is 38.8 Å². The number of aryl methyl sites for hydroxylation is 1. The van der Waals surface area contributed by atoms with Crippen molar-refractivity contribution in [2.45, 2.75) is 43.9 Å². The summed E-state index contributed by atoms with van der Waals surface area (Å²) < 4.78 is 70.2. The zero-order valence-corrected chi connectivity index (χ0v) is 26.7. The normalized spacial score (nSPS) is 12.3. The molecule has 2 amide bonds. The average Bonchev–Trinajstić information content (AvgIpc) is 3.03. The smallest absolute Gasteiger partial charge is 0.355 e. The lowest BCUT2D eigenvalue weighted by Crippen LogP contribution is -2.53. The zero-order valence-electron chi connectivity index (χ0n) is 25.2. The van der Waals surface area contributed by atoms with Crippen LogP contribution in [0, 0.1) is 6.92 Å². The number of benzene rings is 4. The Kier molecular flexibility index (Phi) is 11.1. The molecular weight excluding hydrogens is 639 g/mol. The molecule has 1 atom stereocenters. The van der Waals surface area contributed by atoms with Gasteiger partial charge in [0.2, 0.25) is 11.8 Å². The second-order valence-electron chi connectivity index (χ2n) is 10.6. The molecule has 0 unspecified atom stereocenters. The van der Waals surface area contributed by atoms with Gasteiger partial charge in [0.1, 0.15) is 12.6 Å². The molecule has 1 N–H and O–H groups in total. The number of halogens is 4. The molecule has 0 aliphatic heterocycles. The first-order valence-electron chi connectivity index (χ1n) is 14.4. The fourth-order valence-electron chi connectivity index (χ4n) is 4.87. The maximum atomic E-state index is 14.4. The van der Waals surface area contributed by atoms with Gasteiger partial charge in [0.15, 0.2) is 0 Å². The van der Waals surface area contributed by atoms with Crippen LogP contribution < -0.4 is 9.62 Å². The van der Waals surface area contributed by atoms with Gasteiger partial charge in [0, 0.05) is 19.5 Å². The number of carbonyl (C=O) groups excluding carboxylic acids is 2. The largest absolute Gasteiger partial charge is 0.417 e. The highest BCUT2D eigenvalue weighted by Gasteiger charge is 2.37. The Labute approximate surface area is 271 Å². The van der Waals surface area contributed by atoms with Gasteiger partial charge in [-0.15, -0.1) is 0 Å². The Morgan fingerprint density at radius 3 is 2.07 bits per heavy atom. The summed E-state index contributed by atoms with van der Waals surface area (Å²) in [7, 11) is -4.58. The van der Waals surface area contributed by atoms with Gasteiger partial charge >= 0.3 is 6.18 Å². The number of likely N-dealkylation sites (N-methyl/N-ethyl adjacent to an activating group) is 1. The van der Waals surface area contributed by atoms with E-state index >= 15 is 0 Å². The molecule has 4 rings (SSSR count). The standard InChI is InChI=1S/C34H33ClF3N3O4S/c1-3-39-33(43)31(20-25-10-6-4-7-11-25)40(22-26-16-14-24(2)15-17-26)32(42)23-41(46(44,45)28-12-8-5-9-13-28)27-18-19-30(35)29(21-27)34(36,37)38/h4-19,21,31H,3,20,22-23H2,1-2H3,(H,39,43)/t31-/m0/s1. The van der Waals surface area contributed by atoms with Crippen LogP contribution in [0.5, 0.6) is 0 Å². The van der Waals surface area contributed by atoms with Crippen LogP contribution in [0.2, 0.25) is 5.02 Å². The van der Waals surface area contributed by atoms with E-state index < -0.39 is 56.9 Å². The summed E-state index contributed by atoms with van der Waals surface area (Å²) in [5, 5.41) is 2.14. The van der Waals surface area contributed by atoms with Crippen LogP contribution in [-0.4, -0.2) is 44.3 Å². The number of nitrogens with zero attached hydrogens (tertiary/aromatic N) is 2. The third kappa shape index (κ3) is 8.46. The van der Waals surface area contributed by atoms with E-state index in [1.54, 1.807) is 49.4 Å². The minimum Gasteiger partial charge on any atom is -0.355 e. The molecule has 0 aliphatic rings. The van der Waals surface area contributed by atoms with E-state index in [4.69, 9.17) is 11.6 Å². The van der Waals surface area contributed by atoms with E-state index in [1.807, 2.05) is 25.1 Å². The first kappa shape index (κ1) is 34.5. The van der Waals surface area contributed by atoms with Crippen LogP contribution in [0.15, 0.2) is 108 Å². The maximum Gasteiger partial charge on any atom is 0.417 e. The molecule has 0 heterocycles. The van der Waals surface area contributed by atoms with Crippen LogP contribution >= 0.6 is 11.6 Å². The Bertz CT molecular complexity index is 1750. The number of anilines is 1. The molecular formula is C34H33ClF3N3O4S. The maximum absolute atomic E-state index is 14.4. The van der Waals surface area contributed by atoms with Gasteiger partial charge in [0.25, 0.3) is 10.0 Å². The van der Waals surface area contributed by atoms with Crippen molar-refractivity contribution in [3.8, 4) is 0 Å². The Morgan fingerprint density at radius 1 is 0.870 bits per heavy atom. The van der Waals surface area contributed by atoms with Crippen molar-refractivity contribution in [3.05, 3.63) is 130 Å². The number of rotatable bonds is 12. The number of sulfonamides is 1. The van der Waals surface area contributed by atoms with Crippen molar-refractivity contribution in [2.75, 3.05) is 17.4 Å². The first-order chi connectivity index (χ1) is 21.8. The number of amides is 2. The number of hydrogen-bond acceptors (Lipinski definition) is 4. The van der Waals surface area contributed by atoms with E-state index in [2.05, 4.69) is 5.32 Å². The van der Waals surface area contributed by atoms with Gasteiger partial charge in [-0.25, -0.2) is 8.42 Å². The average molecular weight is 672 g/mol. The molecule has 0 fully saturated rings. The van der Waals surface area contributed by atoms with Gasteiger partial charge in [0.05, 0.1) is 21.2 Å². The summed E-state index contributed by atoms with van der Waals surface area (Å²) in [6.07, 6.45) is -4.79. The number of hydrogen-bond donors (Lipinski definition) is 1. The number of carbonyl (C=O) groups is 2. The van der Waals surface area contributed by atoms with Crippen LogP contribution in [0.4, 0.5) is 18.9 Å². The topological polar surface area (TPSA) is 86.8 Å². The predicted octanol–water partition coefficient (Wildman–Crippen LogP) is 6.64. The van der Waals surface area contributed by atoms with Crippen molar-refractivity contribution >= 4 is 39.1 Å². The minimum atomic E-state index is -4.89. The van der Waals surface area contributed by atoms with E-state index in [9.17, 15) is 31.2 Å². The van der Waals surface area contributed by atoms with E-state index in [0.29, 0.717) is 15.9 Å². The summed E-state index contributed by atoms with van der Waals surface area (Å²) in [5.74, 6) is -1.26. The molecule has 4 aromatic carbocycles. The van der Waals surface area contributed by atoms with E-state index in [0.717, 1.165) is 23.3 Å². The van der Waals surface area contributed by atoms with Crippen molar-refractivity contribution in [1.29, 1.82) is 0 Å². The quantitative estimate of drug-likeness (QED) is 0.183. The van der Waals surface area contributed by atoms with Crippen molar-refractivity contribution < 1.29 is 31.2 Å². The molecule has 242 valence electrons. The van der Waals surface area contributed by atoms with Gasteiger partial charge in [-0.05, 0) is 55.3 Å². The lowest BCUT2D eigenvalue weighted by Gasteiger charge is -2.34. The highest BCUT2D eigenvalue weighted by Crippen LogP contribution is 2.38. The highest BCUT2D eigenvalue weighted by atomic mass is 35.5. The van der Waals surface area contributed by atoms with E-state index in [1.165, 1.54) is 29.2 Å². The van der Waals surface area contributed by atoms with Crippen molar-refractivity contribution in [1.82, 2.24) is 10.2 Å². The number of alkyl halides is 3. The van der Waals surface area contributed by atoms with Gasteiger partial charge in [-0.2, -0.15) is 13.2 Å². The van der Waals surface area contributed by atoms with E-state index in [-0.39, 0.29) is 24.4 Å². The third-order valence-corrected chi connectivity index (χ3v) is 9.37. The summed E-state index contributed by atoms with van der Waals surface area (Å²) in [4.78, 5) is 28.9.